The fourth-order valence-corrected chi connectivity index (χ4v) is 1.94. The highest BCUT2D eigenvalue weighted by Gasteiger charge is 2.19. The predicted octanol–water partition coefficient (Wildman–Crippen LogP) is 1.64. The van der Waals surface area contributed by atoms with Gasteiger partial charge in [-0.15, -0.1) is 0 Å². The van der Waals surface area contributed by atoms with Crippen LogP contribution in [0.25, 0.3) is 0 Å². The molecule has 1 aromatic rings. The van der Waals surface area contributed by atoms with Crippen LogP contribution in [-0.4, -0.2) is 31.7 Å². The van der Waals surface area contributed by atoms with Gasteiger partial charge < -0.3 is 15.4 Å². The molecule has 1 atom stereocenters. The van der Waals surface area contributed by atoms with E-state index >= 15 is 0 Å². The van der Waals surface area contributed by atoms with Gasteiger partial charge in [0.1, 0.15) is 0 Å². The molecule has 0 spiro atoms. The fourth-order valence-electron chi connectivity index (χ4n) is 1.94. The van der Waals surface area contributed by atoms with Gasteiger partial charge in [0.25, 0.3) is 5.91 Å². The van der Waals surface area contributed by atoms with Crippen molar-refractivity contribution in [2.75, 3.05) is 25.1 Å². The van der Waals surface area contributed by atoms with Gasteiger partial charge >= 0.3 is 0 Å². The number of para-hydroxylation sites is 1. The zero-order valence-electron chi connectivity index (χ0n) is 10.0. The van der Waals surface area contributed by atoms with Crippen LogP contribution >= 0.6 is 0 Å². The number of benzene rings is 1. The van der Waals surface area contributed by atoms with Crippen LogP contribution in [-0.2, 0) is 4.74 Å². The van der Waals surface area contributed by atoms with E-state index in [1.165, 1.54) is 0 Å². The number of carbonyl (C=O) groups excluding carboxylic acids is 1. The lowest BCUT2D eigenvalue weighted by molar-refractivity contribution is 0.0930. The standard InChI is InChI=1S/C13H18N2O2/c1-2-14-12-6-4-3-5-11(12)13(16)15-10-7-8-17-9-10/h3-6,10,14H,2,7-9H2,1H3,(H,15,16). The van der Waals surface area contributed by atoms with Crippen LogP contribution in [0.15, 0.2) is 24.3 Å². The number of hydrogen-bond acceptors (Lipinski definition) is 3. The third-order valence-electron chi connectivity index (χ3n) is 2.80. The van der Waals surface area contributed by atoms with Crippen LogP contribution in [0.4, 0.5) is 5.69 Å². The van der Waals surface area contributed by atoms with Crippen LogP contribution in [0, 0.1) is 0 Å². The Kier molecular flexibility index (Phi) is 3.98. The Morgan fingerprint density at radius 3 is 3.00 bits per heavy atom. The summed E-state index contributed by atoms with van der Waals surface area (Å²) in [6.45, 7) is 4.17. The van der Waals surface area contributed by atoms with E-state index in [-0.39, 0.29) is 11.9 Å². The van der Waals surface area contributed by atoms with Crippen molar-refractivity contribution in [1.82, 2.24) is 5.32 Å². The first kappa shape index (κ1) is 11.9. The largest absolute Gasteiger partial charge is 0.385 e. The molecule has 1 fully saturated rings. The molecule has 1 saturated heterocycles. The number of ether oxygens (including phenoxy) is 1. The minimum Gasteiger partial charge on any atom is -0.385 e. The summed E-state index contributed by atoms with van der Waals surface area (Å²) in [7, 11) is 0. The first-order valence-corrected chi connectivity index (χ1v) is 6.02. The van der Waals surface area contributed by atoms with Gasteiger partial charge in [0.2, 0.25) is 0 Å². The summed E-state index contributed by atoms with van der Waals surface area (Å²) < 4.78 is 5.24. The van der Waals surface area contributed by atoms with Crippen molar-refractivity contribution in [2.24, 2.45) is 0 Å². The summed E-state index contributed by atoms with van der Waals surface area (Å²) in [5, 5.41) is 6.18. The maximum absolute atomic E-state index is 12.1. The molecule has 0 aromatic heterocycles. The Labute approximate surface area is 101 Å². The maximum Gasteiger partial charge on any atom is 0.253 e. The highest BCUT2D eigenvalue weighted by atomic mass is 16.5. The van der Waals surface area contributed by atoms with E-state index < -0.39 is 0 Å². The molecule has 17 heavy (non-hydrogen) atoms. The van der Waals surface area contributed by atoms with Crippen LogP contribution < -0.4 is 10.6 Å². The lowest BCUT2D eigenvalue weighted by atomic mass is 10.1. The molecular weight excluding hydrogens is 216 g/mol. The summed E-state index contributed by atoms with van der Waals surface area (Å²) in [5.74, 6) is -0.0305. The summed E-state index contributed by atoms with van der Waals surface area (Å²) in [6.07, 6.45) is 0.898. The normalized spacial score (nSPS) is 19.0. The molecule has 92 valence electrons. The molecule has 4 nitrogen and oxygen atoms in total. The SMILES string of the molecule is CCNc1ccccc1C(=O)NC1CCOC1. The lowest BCUT2D eigenvalue weighted by Gasteiger charge is -2.13. The van der Waals surface area contributed by atoms with Crippen LogP contribution in [0.5, 0.6) is 0 Å². The molecule has 1 aliphatic rings. The van der Waals surface area contributed by atoms with Crippen LogP contribution in [0.1, 0.15) is 23.7 Å². The van der Waals surface area contributed by atoms with E-state index in [0.29, 0.717) is 12.2 Å². The zero-order chi connectivity index (χ0) is 12.1. The van der Waals surface area contributed by atoms with Crippen molar-refractivity contribution < 1.29 is 9.53 Å². The summed E-state index contributed by atoms with van der Waals surface area (Å²) in [6, 6.07) is 7.71. The molecule has 0 radical (unpaired) electrons. The second-order valence-electron chi connectivity index (χ2n) is 4.11. The van der Waals surface area contributed by atoms with Gasteiger partial charge in [-0.2, -0.15) is 0 Å². The van der Waals surface area contributed by atoms with Gasteiger partial charge in [-0.25, -0.2) is 0 Å². The number of anilines is 1. The Hall–Kier alpha value is -1.55. The third kappa shape index (κ3) is 2.97. The van der Waals surface area contributed by atoms with E-state index in [9.17, 15) is 4.79 Å². The molecule has 1 aliphatic heterocycles. The predicted molar refractivity (Wildman–Crippen MR) is 67.3 cm³/mol. The minimum atomic E-state index is -0.0305. The highest BCUT2D eigenvalue weighted by Crippen LogP contribution is 2.15. The Morgan fingerprint density at radius 1 is 1.47 bits per heavy atom. The molecule has 1 heterocycles. The summed E-state index contributed by atoms with van der Waals surface area (Å²) in [5.41, 5.74) is 1.58. The molecule has 1 amide bonds. The second-order valence-corrected chi connectivity index (χ2v) is 4.11. The van der Waals surface area contributed by atoms with Gasteiger partial charge in [-0.3, -0.25) is 4.79 Å². The van der Waals surface area contributed by atoms with E-state index in [1.807, 2.05) is 31.2 Å². The lowest BCUT2D eigenvalue weighted by Crippen LogP contribution is -2.35. The molecule has 0 saturated carbocycles. The van der Waals surface area contributed by atoms with Crippen molar-refractivity contribution >= 4 is 11.6 Å². The number of rotatable bonds is 4. The van der Waals surface area contributed by atoms with Crippen LogP contribution in [0.3, 0.4) is 0 Å². The zero-order valence-corrected chi connectivity index (χ0v) is 10.0. The smallest absolute Gasteiger partial charge is 0.253 e. The maximum atomic E-state index is 12.1. The molecule has 1 aromatic carbocycles. The van der Waals surface area contributed by atoms with E-state index in [2.05, 4.69) is 10.6 Å². The average molecular weight is 234 g/mol. The first-order valence-electron chi connectivity index (χ1n) is 6.02. The van der Waals surface area contributed by atoms with E-state index in [1.54, 1.807) is 0 Å². The molecule has 0 bridgehead atoms. The number of nitrogens with one attached hydrogen (secondary N) is 2. The molecule has 0 aliphatic carbocycles. The first-order chi connectivity index (χ1) is 8.31. The van der Waals surface area contributed by atoms with Gasteiger partial charge in [0, 0.05) is 18.8 Å². The van der Waals surface area contributed by atoms with Crippen molar-refractivity contribution in [3.63, 3.8) is 0 Å². The van der Waals surface area contributed by atoms with Gasteiger partial charge in [-0.1, -0.05) is 12.1 Å². The summed E-state index contributed by atoms with van der Waals surface area (Å²) >= 11 is 0. The summed E-state index contributed by atoms with van der Waals surface area (Å²) in [4.78, 5) is 12.1. The fraction of sp³-hybridized carbons (Fsp3) is 0.462. The number of hydrogen-bond donors (Lipinski definition) is 2. The van der Waals surface area contributed by atoms with Crippen molar-refractivity contribution in [1.29, 1.82) is 0 Å². The quantitative estimate of drug-likeness (QED) is 0.832. The van der Waals surface area contributed by atoms with Gasteiger partial charge in [-0.05, 0) is 25.5 Å². The average Bonchev–Trinajstić information content (AvgIpc) is 2.83. The second kappa shape index (κ2) is 5.68. The number of amides is 1. The monoisotopic (exact) mass is 234 g/mol. The van der Waals surface area contributed by atoms with E-state index in [0.717, 1.165) is 25.3 Å². The number of carbonyl (C=O) groups is 1. The van der Waals surface area contributed by atoms with Crippen LogP contribution in [0.2, 0.25) is 0 Å². The van der Waals surface area contributed by atoms with E-state index in [4.69, 9.17) is 4.74 Å². The van der Waals surface area contributed by atoms with Gasteiger partial charge in [0.15, 0.2) is 0 Å². The Balaban J connectivity index is 2.06. The molecule has 4 heteroatoms. The minimum absolute atomic E-state index is 0.0305. The molecule has 1 unspecified atom stereocenters. The molecule has 2 N–H and O–H groups in total. The van der Waals surface area contributed by atoms with Crippen molar-refractivity contribution in [3.05, 3.63) is 29.8 Å². The molecular formula is C13H18N2O2. The van der Waals surface area contributed by atoms with Gasteiger partial charge in [0.05, 0.1) is 18.2 Å². The Bertz CT molecular complexity index is 387. The highest BCUT2D eigenvalue weighted by molar-refractivity contribution is 5.99. The third-order valence-corrected chi connectivity index (χ3v) is 2.80. The topological polar surface area (TPSA) is 50.4 Å². The molecule has 2 rings (SSSR count). The van der Waals surface area contributed by atoms with Crippen molar-refractivity contribution in [3.8, 4) is 0 Å². The Morgan fingerprint density at radius 2 is 2.29 bits per heavy atom. The van der Waals surface area contributed by atoms with Crippen molar-refractivity contribution in [2.45, 2.75) is 19.4 Å².